The van der Waals surface area contributed by atoms with Gasteiger partial charge >= 0.3 is 0 Å². The van der Waals surface area contributed by atoms with Crippen LogP contribution in [0.15, 0.2) is 60.9 Å². The Balaban J connectivity index is 1.86. The lowest BCUT2D eigenvalue weighted by Crippen LogP contribution is -2.01. The van der Waals surface area contributed by atoms with Gasteiger partial charge in [-0.15, -0.1) is 0 Å². The molecule has 0 atom stereocenters. The van der Waals surface area contributed by atoms with Crippen LogP contribution >= 0.6 is 0 Å². The third-order valence-corrected chi connectivity index (χ3v) is 4.08. The van der Waals surface area contributed by atoms with E-state index in [1.54, 1.807) is 18.5 Å². The number of aromatic nitrogens is 3. The van der Waals surface area contributed by atoms with Gasteiger partial charge in [-0.2, -0.15) is 0 Å². The van der Waals surface area contributed by atoms with Crippen molar-refractivity contribution in [2.45, 2.75) is 6.92 Å². The molecule has 4 aromatic rings. The number of hydrogen-bond acceptors (Lipinski definition) is 5. The van der Waals surface area contributed by atoms with Gasteiger partial charge in [0.25, 0.3) is 0 Å². The largest absolute Gasteiger partial charge is 0.494 e. The number of fused-ring (bicyclic) bond motifs is 1. The van der Waals surface area contributed by atoms with E-state index < -0.39 is 11.6 Å². The normalized spacial score (nSPS) is 10.8. The Hall–Kier alpha value is -3.61. The summed E-state index contributed by atoms with van der Waals surface area (Å²) in [6.45, 7) is 2.42. The Morgan fingerprint density at radius 1 is 1.00 bits per heavy atom. The molecule has 2 heterocycles. The van der Waals surface area contributed by atoms with Crippen LogP contribution in [0.4, 0.5) is 20.3 Å². The van der Waals surface area contributed by atoms with Crippen LogP contribution < -0.4 is 10.1 Å². The molecule has 0 fully saturated rings. The minimum atomic E-state index is -0.939. The molecule has 0 aliphatic heterocycles. The third-order valence-electron chi connectivity index (χ3n) is 4.08. The lowest BCUT2D eigenvalue weighted by Gasteiger charge is -2.12. The van der Waals surface area contributed by atoms with E-state index in [9.17, 15) is 8.78 Å². The predicted octanol–water partition coefficient (Wildman–Crippen LogP) is 5.11. The molecule has 7 heteroatoms. The van der Waals surface area contributed by atoms with Gasteiger partial charge in [0.05, 0.1) is 12.1 Å². The van der Waals surface area contributed by atoms with Gasteiger partial charge < -0.3 is 10.1 Å². The lowest BCUT2D eigenvalue weighted by molar-refractivity contribution is 0.340. The van der Waals surface area contributed by atoms with Gasteiger partial charge in [-0.3, -0.25) is 4.98 Å². The zero-order chi connectivity index (χ0) is 19.5. The first kappa shape index (κ1) is 17.8. The third kappa shape index (κ3) is 3.59. The standard InChI is InChI=1S/C21H16F2N4O/c1-2-28-15-6-8-19-16(11-15)21(25-14-5-7-17(22)18(23)10-14)27-20(26-19)13-4-3-9-24-12-13/h3-12H,2H2,1H3,(H,25,26,27). The fraction of sp³-hybridized carbons (Fsp3) is 0.0952. The van der Waals surface area contributed by atoms with E-state index in [0.29, 0.717) is 40.6 Å². The summed E-state index contributed by atoms with van der Waals surface area (Å²) < 4.78 is 32.5. The highest BCUT2D eigenvalue weighted by Crippen LogP contribution is 2.30. The zero-order valence-corrected chi connectivity index (χ0v) is 15.0. The highest BCUT2D eigenvalue weighted by molar-refractivity contribution is 5.93. The molecule has 2 aromatic carbocycles. The molecule has 0 saturated carbocycles. The Morgan fingerprint density at radius 3 is 2.64 bits per heavy atom. The monoisotopic (exact) mass is 378 g/mol. The van der Waals surface area contributed by atoms with E-state index in [-0.39, 0.29) is 0 Å². The highest BCUT2D eigenvalue weighted by atomic mass is 19.2. The molecule has 0 bridgehead atoms. The van der Waals surface area contributed by atoms with Gasteiger partial charge in [0.1, 0.15) is 11.6 Å². The van der Waals surface area contributed by atoms with Gasteiger partial charge in [0.2, 0.25) is 0 Å². The van der Waals surface area contributed by atoms with Crippen molar-refractivity contribution >= 4 is 22.4 Å². The van der Waals surface area contributed by atoms with E-state index in [4.69, 9.17) is 4.74 Å². The van der Waals surface area contributed by atoms with E-state index in [1.165, 1.54) is 6.07 Å². The first-order chi connectivity index (χ1) is 13.6. The molecule has 4 rings (SSSR count). The van der Waals surface area contributed by atoms with Crippen molar-refractivity contribution in [3.63, 3.8) is 0 Å². The van der Waals surface area contributed by atoms with Crippen LogP contribution in [-0.4, -0.2) is 21.6 Å². The summed E-state index contributed by atoms with van der Waals surface area (Å²) in [6.07, 6.45) is 3.33. The summed E-state index contributed by atoms with van der Waals surface area (Å²) in [7, 11) is 0. The second-order valence-corrected chi connectivity index (χ2v) is 6.00. The number of hydrogen-bond donors (Lipinski definition) is 1. The fourth-order valence-corrected chi connectivity index (χ4v) is 2.79. The summed E-state index contributed by atoms with van der Waals surface area (Å²) in [5, 5.41) is 3.76. The lowest BCUT2D eigenvalue weighted by atomic mass is 10.2. The first-order valence-electron chi connectivity index (χ1n) is 8.71. The van der Waals surface area contributed by atoms with Crippen LogP contribution in [0.1, 0.15) is 6.92 Å². The molecule has 0 saturated heterocycles. The average molecular weight is 378 g/mol. The number of pyridine rings is 1. The molecule has 0 radical (unpaired) electrons. The van der Waals surface area contributed by atoms with Gasteiger partial charge in [-0.05, 0) is 49.4 Å². The number of nitrogens with zero attached hydrogens (tertiary/aromatic N) is 3. The molecule has 140 valence electrons. The Kier molecular flexibility index (Phi) is 4.80. The van der Waals surface area contributed by atoms with Crippen LogP contribution in [0.3, 0.4) is 0 Å². The second kappa shape index (κ2) is 7.56. The zero-order valence-electron chi connectivity index (χ0n) is 15.0. The van der Waals surface area contributed by atoms with Crippen molar-refractivity contribution in [1.82, 2.24) is 15.0 Å². The summed E-state index contributed by atoms with van der Waals surface area (Å²) in [5.41, 5.74) is 1.80. The number of anilines is 2. The smallest absolute Gasteiger partial charge is 0.163 e. The van der Waals surface area contributed by atoms with Crippen molar-refractivity contribution in [3.05, 3.63) is 72.6 Å². The van der Waals surface area contributed by atoms with Crippen LogP contribution in [0.2, 0.25) is 0 Å². The number of benzene rings is 2. The van der Waals surface area contributed by atoms with Crippen LogP contribution in [0.25, 0.3) is 22.3 Å². The number of halogens is 2. The van der Waals surface area contributed by atoms with Gasteiger partial charge in [-0.1, -0.05) is 0 Å². The SMILES string of the molecule is CCOc1ccc2nc(-c3cccnc3)nc(Nc3ccc(F)c(F)c3)c2c1. The van der Waals surface area contributed by atoms with Crippen LogP contribution in [0.5, 0.6) is 5.75 Å². The summed E-state index contributed by atoms with van der Waals surface area (Å²) in [5.74, 6) is -0.258. The van der Waals surface area contributed by atoms with Crippen molar-refractivity contribution in [2.24, 2.45) is 0 Å². The average Bonchev–Trinajstić information content (AvgIpc) is 2.72. The molecule has 2 aromatic heterocycles. The van der Waals surface area contributed by atoms with E-state index >= 15 is 0 Å². The first-order valence-corrected chi connectivity index (χ1v) is 8.71. The van der Waals surface area contributed by atoms with Crippen LogP contribution in [0, 0.1) is 11.6 Å². The molecule has 1 N–H and O–H groups in total. The Bertz CT molecular complexity index is 1140. The predicted molar refractivity (Wildman–Crippen MR) is 104 cm³/mol. The summed E-state index contributed by atoms with van der Waals surface area (Å²) >= 11 is 0. The molecular weight excluding hydrogens is 362 g/mol. The maximum atomic E-state index is 13.6. The van der Waals surface area contributed by atoms with Crippen molar-refractivity contribution < 1.29 is 13.5 Å². The van der Waals surface area contributed by atoms with E-state index in [2.05, 4.69) is 20.3 Å². The van der Waals surface area contributed by atoms with Crippen molar-refractivity contribution in [1.29, 1.82) is 0 Å². The molecule has 0 aliphatic carbocycles. The molecular formula is C21H16F2N4O. The minimum absolute atomic E-state index is 0.373. The van der Waals surface area contributed by atoms with E-state index in [1.807, 2.05) is 31.2 Å². The minimum Gasteiger partial charge on any atom is -0.494 e. The van der Waals surface area contributed by atoms with E-state index in [0.717, 1.165) is 17.7 Å². The molecule has 5 nitrogen and oxygen atoms in total. The van der Waals surface area contributed by atoms with Gasteiger partial charge in [0.15, 0.2) is 17.5 Å². The van der Waals surface area contributed by atoms with Gasteiger partial charge in [-0.25, -0.2) is 18.7 Å². The number of nitrogens with one attached hydrogen (secondary N) is 1. The molecule has 0 aliphatic rings. The summed E-state index contributed by atoms with van der Waals surface area (Å²) in [6, 6.07) is 12.7. The van der Waals surface area contributed by atoms with Crippen molar-refractivity contribution in [3.8, 4) is 17.1 Å². The Labute approximate surface area is 160 Å². The molecule has 0 spiro atoms. The highest BCUT2D eigenvalue weighted by Gasteiger charge is 2.12. The second-order valence-electron chi connectivity index (χ2n) is 6.00. The van der Waals surface area contributed by atoms with Crippen LogP contribution in [-0.2, 0) is 0 Å². The Morgan fingerprint density at radius 2 is 1.89 bits per heavy atom. The fourth-order valence-electron chi connectivity index (χ4n) is 2.79. The number of rotatable bonds is 5. The maximum absolute atomic E-state index is 13.6. The van der Waals surface area contributed by atoms with Gasteiger partial charge in [0, 0.05) is 35.1 Å². The molecule has 0 amide bonds. The quantitative estimate of drug-likeness (QED) is 0.523. The number of ether oxygens (including phenoxy) is 1. The van der Waals surface area contributed by atoms with Crippen molar-refractivity contribution in [2.75, 3.05) is 11.9 Å². The maximum Gasteiger partial charge on any atom is 0.163 e. The molecule has 0 unspecified atom stereocenters. The summed E-state index contributed by atoms with van der Waals surface area (Å²) in [4.78, 5) is 13.3. The topological polar surface area (TPSA) is 59.9 Å². The molecule has 28 heavy (non-hydrogen) atoms.